The fourth-order valence-electron chi connectivity index (χ4n) is 2.21. The highest BCUT2D eigenvalue weighted by atomic mass is 32.1. The highest BCUT2D eigenvalue weighted by Crippen LogP contribution is 2.28. The molecule has 0 saturated carbocycles. The molecular formula is C13H15N3S. The van der Waals surface area contributed by atoms with Crippen LogP contribution in [0.3, 0.4) is 0 Å². The Morgan fingerprint density at radius 1 is 1.41 bits per heavy atom. The summed E-state index contributed by atoms with van der Waals surface area (Å²) in [7, 11) is 0. The number of thiophene rings is 1. The average molecular weight is 245 g/mol. The monoisotopic (exact) mass is 245 g/mol. The molecule has 0 spiro atoms. The molecular weight excluding hydrogens is 230 g/mol. The number of hydrogen-bond donors (Lipinski definition) is 1. The van der Waals surface area contributed by atoms with Crippen molar-refractivity contribution in [3.05, 3.63) is 35.1 Å². The summed E-state index contributed by atoms with van der Waals surface area (Å²) in [4.78, 5) is 10.3. The van der Waals surface area contributed by atoms with Gasteiger partial charge in [0.15, 0.2) is 0 Å². The lowest BCUT2D eigenvalue weighted by atomic mass is 10.2. The molecule has 3 heterocycles. The Morgan fingerprint density at radius 3 is 3.06 bits per heavy atom. The van der Waals surface area contributed by atoms with E-state index in [1.807, 2.05) is 12.3 Å². The van der Waals surface area contributed by atoms with Crippen LogP contribution in [0.5, 0.6) is 0 Å². The molecule has 88 valence electrons. The Bertz CT molecular complexity index is 515. The van der Waals surface area contributed by atoms with Crippen LogP contribution in [0.1, 0.15) is 30.3 Å². The van der Waals surface area contributed by atoms with E-state index in [0.29, 0.717) is 6.04 Å². The van der Waals surface area contributed by atoms with E-state index >= 15 is 0 Å². The van der Waals surface area contributed by atoms with Crippen LogP contribution in [0, 0.1) is 6.92 Å². The Hall–Kier alpha value is -1.26. The lowest BCUT2D eigenvalue weighted by Crippen LogP contribution is -2.15. The third kappa shape index (κ3) is 2.10. The summed E-state index contributed by atoms with van der Waals surface area (Å²) < 4.78 is 0. The van der Waals surface area contributed by atoms with Crippen molar-refractivity contribution in [1.29, 1.82) is 0 Å². The third-order valence-corrected chi connectivity index (χ3v) is 4.18. The molecule has 1 atom stereocenters. The molecule has 1 unspecified atom stereocenters. The SMILES string of the molecule is Cc1ccsc1-c1ccnc(C2CCCN2)n1. The Balaban J connectivity index is 1.96. The molecule has 1 fully saturated rings. The van der Waals surface area contributed by atoms with Gasteiger partial charge in [-0.05, 0) is 49.4 Å². The van der Waals surface area contributed by atoms with Crippen molar-refractivity contribution < 1.29 is 0 Å². The summed E-state index contributed by atoms with van der Waals surface area (Å²) in [6, 6.07) is 4.47. The van der Waals surface area contributed by atoms with Crippen LogP contribution in [0.4, 0.5) is 0 Å². The summed E-state index contributed by atoms with van der Waals surface area (Å²) in [6.45, 7) is 3.21. The molecule has 0 aromatic carbocycles. The molecule has 0 radical (unpaired) electrons. The van der Waals surface area contributed by atoms with Crippen molar-refractivity contribution in [3.8, 4) is 10.6 Å². The van der Waals surface area contributed by atoms with Gasteiger partial charge in [0, 0.05) is 6.20 Å². The zero-order valence-electron chi connectivity index (χ0n) is 9.81. The van der Waals surface area contributed by atoms with Gasteiger partial charge in [-0.25, -0.2) is 9.97 Å². The predicted molar refractivity (Wildman–Crippen MR) is 70.1 cm³/mol. The van der Waals surface area contributed by atoms with E-state index in [4.69, 9.17) is 4.98 Å². The first-order valence-corrected chi connectivity index (χ1v) is 6.83. The topological polar surface area (TPSA) is 37.8 Å². The van der Waals surface area contributed by atoms with E-state index in [1.165, 1.54) is 16.9 Å². The molecule has 2 aromatic heterocycles. The van der Waals surface area contributed by atoms with Crippen molar-refractivity contribution in [2.75, 3.05) is 6.54 Å². The van der Waals surface area contributed by atoms with Gasteiger partial charge in [0.2, 0.25) is 0 Å². The molecule has 2 aromatic rings. The molecule has 1 saturated heterocycles. The maximum Gasteiger partial charge on any atom is 0.145 e. The molecule has 0 amide bonds. The number of aryl methyl sites for hydroxylation is 1. The maximum absolute atomic E-state index is 4.69. The van der Waals surface area contributed by atoms with E-state index in [-0.39, 0.29) is 0 Å². The lowest BCUT2D eigenvalue weighted by Gasteiger charge is -2.09. The number of hydrogen-bond acceptors (Lipinski definition) is 4. The second-order valence-electron chi connectivity index (χ2n) is 4.38. The van der Waals surface area contributed by atoms with E-state index in [9.17, 15) is 0 Å². The molecule has 1 aliphatic rings. The lowest BCUT2D eigenvalue weighted by molar-refractivity contribution is 0.605. The van der Waals surface area contributed by atoms with Crippen molar-refractivity contribution in [2.24, 2.45) is 0 Å². The van der Waals surface area contributed by atoms with Gasteiger partial charge in [-0.3, -0.25) is 0 Å². The van der Waals surface area contributed by atoms with Crippen LogP contribution in [-0.4, -0.2) is 16.5 Å². The normalized spacial score (nSPS) is 19.7. The van der Waals surface area contributed by atoms with Gasteiger partial charge in [0.1, 0.15) is 5.82 Å². The molecule has 4 heteroatoms. The summed E-state index contributed by atoms with van der Waals surface area (Å²) in [5.41, 5.74) is 2.34. The largest absolute Gasteiger partial charge is 0.307 e. The first-order chi connectivity index (χ1) is 8.34. The second-order valence-corrected chi connectivity index (χ2v) is 5.30. The summed E-state index contributed by atoms with van der Waals surface area (Å²) >= 11 is 1.74. The number of nitrogens with zero attached hydrogens (tertiary/aromatic N) is 2. The van der Waals surface area contributed by atoms with Gasteiger partial charge < -0.3 is 5.32 Å². The number of rotatable bonds is 2. The molecule has 1 N–H and O–H groups in total. The minimum Gasteiger partial charge on any atom is -0.307 e. The minimum atomic E-state index is 0.343. The third-order valence-electron chi connectivity index (χ3n) is 3.14. The minimum absolute atomic E-state index is 0.343. The van der Waals surface area contributed by atoms with E-state index in [0.717, 1.165) is 24.5 Å². The van der Waals surface area contributed by atoms with Crippen LogP contribution in [0.2, 0.25) is 0 Å². The summed E-state index contributed by atoms with van der Waals surface area (Å²) in [5.74, 6) is 0.938. The van der Waals surface area contributed by atoms with E-state index < -0.39 is 0 Å². The van der Waals surface area contributed by atoms with Crippen molar-refractivity contribution >= 4 is 11.3 Å². The van der Waals surface area contributed by atoms with Gasteiger partial charge in [-0.15, -0.1) is 11.3 Å². The van der Waals surface area contributed by atoms with E-state index in [1.54, 1.807) is 11.3 Å². The molecule has 1 aliphatic heterocycles. The van der Waals surface area contributed by atoms with Gasteiger partial charge in [0.05, 0.1) is 16.6 Å². The molecule has 3 rings (SSSR count). The van der Waals surface area contributed by atoms with Gasteiger partial charge in [-0.1, -0.05) is 0 Å². The smallest absolute Gasteiger partial charge is 0.145 e. The van der Waals surface area contributed by atoms with Crippen LogP contribution in [-0.2, 0) is 0 Å². The average Bonchev–Trinajstić information content (AvgIpc) is 2.99. The standard InChI is InChI=1S/C13H15N3S/c1-9-5-8-17-12(9)10-4-7-15-13(16-10)11-3-2-6-14-11/h4-5,7-8,11,14H,2-3,6H2,1H3. The van der Waals surface area contributed by atoms with E-state index in [2.05, 4.69) is 28.7 Å². The number of aromatic nitrogens is 2. The van der Waals surface area contributed by atoms with Crippen molar-refractivity contribution in [1.82, 2.24) is 15.3 Å². The molecule has 3 nitrogen and oxygen atoms in total. The predicted octanol–water partition coefficient (Wildman–Crippen LogP) is 2.94. The highest BCUT2D eigenvalue weighted by molar-refractivity contribution is 7.13. The van der Waals surface area contributed by atoms with Gasteiger partial charge in [0.25, 0.3) is 0 Å². The van der Waals surface area contributed by atoms with Crippen LogP contribution < -0.4 is 5.32 Å². The summed E-state index contributed by atoms with van der Waals surface area (Å²) in [6.07, 6.45) is 4.24. The Labute approximate surface area is 105 Å². The van der Waals surface area contributed by atoms with Gasteiger partial charge in [-0.2, -0.15) is 0 Å². The zero-order chi connectivity index (χ0) is 11.7. The maximum atomic E-state index is 4.69. The zero-order valence-corrected chi connectivity index (χ0v) is 10.6. The van der Waals surface area contributed by atoms with Gasteiger partial charge >= 0.3 is 0 Å². The fraction of sp³-hybridized carbons (Fsp3) is 0.385. The Kier molecular flexibility index (Phi) is 2.91. The van der Waals surface area contributed by atoms with Crippen molar-refractivity contribution in [2.45, 2.75) is 25.8 Å². The number of nitrogens with one attached hydrogen (secondary N) is 1. The van der Waals surface area contributed by atoms with Crippen LogP contribution in [0.25, 0.3) is 10.6 Å². The molecule has 0 bridgehead atoms. The molecule has 0 aliphatic carbocycles. The molecule has 17 heavy (non-hydrogen) atoms. The first kappa shape index (κ1) is 10.9. The first-order valence-electron chi connectivity index (χ1n) is 5.95. The highest BCUT2D eigenvalue weighted by Gasteiger charge is 2.19. The fourth-order valence-corrected chi connectivity index (χ4v) is 3.10. The van der Waals surface area contributed by atoms with Crippen molar-refractivity contribution in [3.63, 3.8) is 0 Å². The summed E-state index contributed by atoms with van der Waals surface area (Å²) in [5, 5.41) is 5.55. The van der Waals surface area contributed by atoms with Crippen LogP contribution in [0.15, 0.2) is 23.7 Å². The van der Waals surface area contributed by atoms with Crippen LogP contribution >= 0.6 is 11.3 Å². The second kappa shape index (κ2) is 4.55. The Morgan fingerprint density at radius 2 is 2.35 bits per heavy atom. The quantitative estimate of drug-likeness (QED) is 0.884.